The Kier molecular flexibility index (Phi) is 5.80. The maximum Gasteiger partial charge on any atom is 0.236 e. The van der Waals surface area contributed by atoms with E-state index in [4.69, 9.17) is 9.15 Å². The molecule has 8 nitrogen and oxygen atoms in total. The van der Waals surface area contributed by atoms with Crippen molar-refractivity contribution in [2.24, 2.45) is 0 Å². The molecule has 1 atom stereocenters. The monoisotopic (exact) mass is 337 g/mol. The average molecular weight is 337 g/mol. The first-order chi connectivity index (χ1) is 11.7. The molecule has 2 fully saturated rings. The fourth-order valence-corrected chi connectivity index (χ4v) is 3.14. The van der Waals surface area contributed by atoms with Gasteiger partial charge in [0.25, 0.3) is 0 Å². The summed E-state index contributed by atoms with van der Waals surface area (Å²) in [5.41, 5.74) is 0. The van der Waals surface area contributed by atoms with Gasteiger partial charge >= 0.3 is 0 Å². The fourth-order valence-electron chi connectivity index (χ4n) is 3.14. The van der Waals surface area contributed by atoms with Crippen molar-refractivity contribution in [2.45, 2.75) is 26.3 Å². The fraction of sp³-hybridized carbons (Fsp3) is 0.812. The minimum atomic E-state index is 0.0919. The van der Waals surface area contributed by atoms with Crippen molar-refractivity contribution < 1.29 is 13.9 Å². The molecular formula is C16H27N5O3. The SMILES string of the molecule is CCc1nnc(C(C)N2CCN(C(=O)CN3CCOCC3)CC2)o1. The molecule has 134 valence electrons. The Labute approximate surface area is 142 Å². The van der Waals surface area contributed by atoms with Gasteiger partial charge in [-0.1, -0.05) is 6.92 Å². The molecule has 24 heavy (non-hydrogen) atoms. The van der Waals surface area contributed by atoms with Gasteiger partial charge in [0, 0.05) is 45.7 Å². The van der Waals surface area contributed by atoms with Gasteiger partial charge < -0.3 is 14.1 Å². The topological polar surface area (TPSA) is 74.9 Å². The second-order valence-corrected chi connectivity index (χ2v) is 6.37. The summed E-state index contributed by atoms with van der Waals surface area (Å²) in [5, 5.41) is 8.17. The first-order valence-electron chi connectivity index (χ1n) is 8.81. The molecule has 0 radical (unpaired) electrons. The van der Waals surface area contributed by atoms with Crippen LogP contribution in [0, 0.1) is 0 Å². The van der Waals surface area contributed by atoms with Gasteiger partial charge in [0.1, 0.15) is 0 Å². The Morgan fingerprint density at radius 2 is 1.83 bits per heavy atom. The first-order valence-corrected chi connectivity index (χ1v) is 8.81. The lowest BCUT2D eigenvalue weighted by molar-refractivity contribution is -0.135. The second kappa shape index (κ2) is 8.04. The molecule has 1 aromatic rings. The quantitative estimate of drug-likeness (QED) is 0.758. The van der Waals surface area contributed by atoms with Crippen molar-refractivity contribution in [3.8, 4) is 0 Å². The molecular weight excluding hydrogens is 310 g/mol. The highest BCUT2D eigenvalue weighted by atomic mass is 16.5. The number of rotatable bonds is 5. The van der Waals surface area contributed by atoms with Crippen LogP contribution < -0.4 is 0 Å². The zero-order chi connectivity index (χ0) is 16.9. The number of carbonyl (C=O) groups is 1. The summed E-state index contributed by atoms with van der Waals surface area (Å²) in [6.45, 7) is 10.9. The van der Waals surface area contributed by atoms with E-state index in [9.17, 15) is 4.79 Å². The van der Waals surface area contributed by atoms with Crippen LogP contribution in [0.1, 0.15) is 31.7 Å². The molecule has 3 heterocycles. The smallest absolute Gasteiger partial charge is 0.236 e. The number of piperazine rings is 1. The Morgan fingerprint density at radius 1 is 1.12 bits per heavy atom. The van der Waals surface area contributed by atoms with Gasteiger partial charge in [0.2, 0.25) is 17.7 Å². The van der Waals surface area contributed by atoms with Crippen LogP contribution in [0.15, 0.2) is 4.42 Å². The van der Waals surface area contributed by atoms with Gasteiger partial charge in [-0.3, -0.25) is 14.6 Å². The van der Waals surface area contributed by atoms with E-state index < -0.39 is 0 Å². The average Bonchev–Trinajstić information content (AvgIpc) is 3.11. The molecule has 0 saturated carbocycles. The lowest BCUT2D eigenvalue weighted by atomic mass is 10.2. The number of ether oxygens (including phenoxy) is 1. The largest absolute Gasteiger partial charge is 0.424 e. The normalized spacial score (nSPS) is 21.8. The highest BCUT2D eigenvalue weighted by molar-refractivity contribution is 5.78. The summed E-state index contributed by atoms with van der Waals surface area (Å²) in [7, 11) is 0. The third-order valence-corrected chi connectivity index (χ3v) is 4.82. The lowest BCUT2D eigenvalue weighted by Gasteiger charge is -2.38. The zero-order valence-electron chi connectivity index (χ0n) is 14.6. The zero-order valence-corrected chi connectivity index (χ0v) is 14.6. The van der Waals surface area contributed by atoms with Crippen molar-refractivity contribution in [1.29, 1.82) is 0 Å². The number of aromatic nitrogens is 2. The van der Waals surface area contributed by atoms with Crippen LogP contribution in [0.25, 0.3) is 0 Å². The van der Waals surface area contributed by atoms with E-state index in [2.05, 4.69) is 26.9 Å². The second-order valence-electron chi connectivity index (χ2n) is 6.37. The van der Waals surface area contributed by atoms with Crippen LogP contribution in [0.2, 0.25) is 0 Å². The van der Waals surface area contributed by atoms with Gasteiger partial charge in [0.15, 0.2) is 0 Å². The Morgan fingerprint density at radius 3 is 2.46 bits per heavy atom. The predicted molar refractivity (Wildman–Crippen MR) is 87.5 cm³/mol. The molecule has 2 aliphatic rings. The molecule has 8 heteroatoms. The van der Waals surface area contributed by atoms with Crippen LogP contribution in [0.3, 0.4) is 0 Å². The van der Waals surface area contributed by atoms with E-state index in [0.717, 1.165) is 58.9 Å². The van der Waals surface area contributed by atoms with Crippen LogP contribution in [-0.4, -0.2) is 89.8 Å². The summed E-state index contributed by atoms with van der Waals surface area (Å²) in [6.07, 6.45) is 0.754. The van der Waals surface area contributed by atoms with Crippen LogP contribution in [0.5, 0.6) is 0 Å². The van der Waals surface area contributed by atoms with Crippen molar-refractivity contribution in [3.05, 3.63) is 11.8 Å². The molecule has 1 amide bonds. The number of amides is 1. The molecule has 0 aliphatic carbocycles. The van der Waals surface area contributed by atoms with Gasteiger partial charge in [-0.25, -0.2) is 0 Å². The molecule has 1 aromatic heterocycles. The third-order valence-electron chi connectivity index (χ3n) is 4.82. The minimum absolute atomic E-state index is 0.0919. The number of carbonyl (C=O) groups excluding carboxylic acids is 1. The first kappa shape index (κ1) is 17.3. The maximum atomic E-state index is 12.4. The Hall–Kier alpha value is -1.51. The minimum Gasteiger partial charge on any atom is -0.424 e. The highest BCUT2D eigenvalue weighted by Gasteiger charge is 2.28. The molecule has 2 saturated heterocycles. The van der Waals surface area contributed by atoms with Crippen molar-refractivity contribution in [1.82, 2.24) is 24.9 Å². The molecule has 0 spiro atoms. The van der Waals surface area contributed by atoms with Crippen LogP contribution >= 0.6 is 0 Å². The van der Waals surface area contributed by atoms with E-state index in [1.807, 2.05) is 11.8 Å². The molecule has 1 unspecified atom stereocenters. The van der Waals surface area contributed by atoms with Crippen LogP contribution in [-0.2, 0) is 16.0 Å². The summed E-state index contributed by atoms with van der Waals surface area (Å²) < 4.78 is 11.0. The molecule has 2 aliphatic heterocycles. The van der Waals surface area contributed by atoms with Gasteiger partial charge in [-0.05, 0) is 6.92 Å². The van der Waals surface area contributed by atoms with Crippen molar-refractivity contribution in [3.63, 3.8) is 0 Å². The molecule has 0 bridgehead atoms. The molecule has 0 N–H and O–H groups in total. The van der Waals surface area contributed by atoms with Gasteiger partial charge in [-0.15, -0.1) is 10.2 Å². The standard InChI is InChI=1S/C16H27N5O3/c1-3-14-17-18-16(24-14)13(2)20-4-6-21(7-5-20)15(22)12-19-8-10-23-11-9-19/h13H,3-12H2,1-2H3. The summed E-state index contributed by atoms with van der Waals surface area (Å²) in [5.74, 6) is 1.56. The Balaban J connectivity index is 1.47. The molecule has 3 rings (SSSR count). The van der Waals surface area contributed by atoms with Crippen molar-refractivity contribution in [2.75, 3.05) is 59.0 Å². The number of nitrogens with zero attached hydrogens (tertiary/aromatic N) is 5. The van der Waals surface area contributed by atoms with E-state index >= 15 is 0 Å². The van der Waals surface area contributed by atoms with Crippen molar-refractivity contribution >= 4 is 5.91 Å². The van der Waals surface area contributed by atoms with E-state index in [0.29, 0.717) is 18.3 Å². The van der Waals surface area contributed by atoms with Gasteiger partial charge in [0.05, 0.1) is 25.8 Å². The molecule has 0 aromatic carbocycles. The number of hydrogen-bond acceptors (Lipinski definition) is 7. The summed E-state index contributed by atoms with van der Waals surface area (Å²) >= 11 is 0. The predicted octanol–water partition coefficient (Wildman–Crippen LogP) is 0.169. The Bertz CT molecular complexity index is 536. The van der Waals surface area contributed by atoms with E-state index in [1.54, 1.807) is 0 Å². The lowest BCUT2D eigenvalue weighted by Crippen LogP contribution is -2.52. The van der Waals surface area contributed by atoms with Gasteiger partial charge in [-0.2, -0.15) is 0 Å². The number of hydrogen-bond donors (Lipinski definition) is 0. The van der Waals surface area contributed by atoms with E-state index in [1.165, 1.54) is 0 Å². The maximum absolute atomic E-state index is 12.4. The summed E-state index contributed by atoms with van der Waals surface area (Å²) in [4.78, 5) is 18.9. The van der Waals surface area contributed by atoms with E-state index in [-0.39, 0.29) is 11.9 Å². The number of aryl methyl sites for hydroxylation is 1. The number of morpholine rings is 1. The highest BCUT2D eigenvalue weighted by Crippen LogP contribution is 2.20. The third kappa shape index (κ3) is 4.12. The van der Waals surface area contributed by atoms with Crippen LogP contribution in [0.4, 0.5) is 0 Å². The summed E-state index contributed by atoms with van der Waals surface area (Å²) in [6, 6.07) is 0.0919.